The van der Waals surface area contributed by atoms with Crippen LogP contribution in [0.25, 0.3) is 0 Å². The summed E-state index contributed by atoms with van der Waals surface area (Å²) in [5.74, 6) is 0. The lowest BCUT2D eigenvalue weighted by Crippen LogP contribution is -2.47. The van der Waals surface area contributed by atoms with Crippen LogP contribution in [0.5, 0.6) is 0 Å². The van der Waals surface area contributed by atoms with Gasteiger partial charge in [-0.1, -0.05) is 37.6 Å². The molecule has 1 atom stereocenters. The topological polar surface area (TPSA) is 58.8 Å². The number of nitrogens with two attached hydrogens (primary N) is 1. The lowest BCUT2D eigenvalue weighted by molar-refractivity contribution is -0.00132. The van der Waals surface area contributed by atoms with Crippen molar-refractivity contribution >= 4 is 30.9 Å². The Bertz CT molecular complexity index is 621. The molecule has 2 aliphatic rings. The maximum absolute atomic E-state index is 12.3. The van der Waals surface area contributed by atoms with Gasteiger partial charge in [0, 0.05) is 38.5 Å². The standard InChI is InChI=1S/C21H33N3O2.2ClH/c1-3-5-17(2)24-16-21(26-20(24)25)9-12-23(13-10-21)15-19-7-4-6-18(14-19)8-11-22;;/h4,6-7,14,17H,3,5,8-13,15-16,22H2,1-2H3;2*1H. The van der Waals surface area contributed by atoms with E-state index in [0.29, 0.717) is 6.54 Å². The molecule has 0 saturated carbocycles. The van der Waals surface area contributed by atoms with Gasteiger partial charge in [0.05, 0.1) is 6.54 Å². The molecule has 2 N–H and O–H groups in total. The minimum atomic E-state index is -0.267. The number of carbonyl (C=O) groups is 1. The summed E-state index contributed by atoms with van der Waals surface area (Å²) >= 11 is 0. The van der Waals surface area contributed by atoms with Gasteiger partial charge in [-0.05, 0) is 37.4 Å². The third-order valence-electron chi connectivity index (χ3n) is 5.83. The Morgan fingerprint density at radius 2 is 1.89 bits per heavy atom. The molecule has 1 amide bonds. The monoisotopic (exact) mass is 431 g/mol. The molecule has 2 fully saturated rings. The van der Waals surface area contributed by atoms with Crippen molar-refractivity contribution in [1.29, 1.82) is 0 Å². The molecule has 0 bridgehead atoms. The van der Waals surface area contributed by atoms with Crippen LogP contribution < -0.4 is 5.73 Å². The quantitative estimate of drug-likeness (QED) is 0.708. The number of rotatable bonds is 7. The fraction of sp³-hybridized carbons (Fsp3) is 0.667. The highest BCUT2D eigenvalue weighted by atomic mass is 35.5. The molecule has 28 heavy (non-hydrogen) atoms. The highest BCUT2D eigenvalue weighted by Crippen LogP contribution is 2.35. The molecule has 160 valence electrons. The zero-order valence-electron chi connectivity index (χ0n) is 17.1. The van der Waals surface area contributed by atoms with Crippen LogP contribution in [-0.4, -0.2) is 53.7 Å². The molecule has 2 aliphatic heterocycles. The van der Waals surface area contributed by atoms with E-state index < -0.39 is 0 Å². The van der Waals surface area contributed by atoms with E-state index in [2.05, 4.69) is 43.0 Å². The van der Waals surface area contributed by atoms with Crippen molar-refractivity contribution in [2.24, 2.45) is 5.73 Å². The molecule has 2 heterocycles. The Hall–Kier alpha value is -1.01. The van der Waals surface area contributed by atoms with Crippen molar-refractivity contribution in [3.8, 4) is 0 Å². The van der Waals surface area contributed by atoms with Gasteiger partial charge in [-0.3, -0.25) is 4.90 Å². The summed E-state index contributed by atoms with van der Waals surface area (Å²) in [6, 6.07) is 8.99. The van der Waals surface area contributed by atoms with Crippen LogP contribution in [0.1, 0.15) is 50.7 Å². The van der Waals surface area contributed by atoms with Crippen molar-refractivity contribution < 1.29 is 9.53 Å². The van der Waals surface area contributed by atoms with E-state index >= 15 is 0 Å². The van der Waals surface area contributed by atoms with E-state index in [9.17, 15) is 4.79 Å². The predicted molar refractivity (Wildman–Crippen MR) is 118 cm³/mol. The molecule has 1 aromatic rings. The first-order valence-corrected chi connectivity index (χ1v) is 10.0. The van der Waals surface area contributed by atoms with Gasteiger partial charge in [0.25, 0.3) is 0 Å². The summed E-state index contributed by atoms with van der Waals surface area (Å²) < 4.78 is 5.87. The third kappa shape index (κ3) is 5.99. The van der Waals surface area contributed by atoms with E-state index in [-0.39, 0.29) is 42.6 Å². The zero-order chi connectivity index (χ0) is 18.6. The largest absolute Gasteiger partial charge is 0.441 e. The van der Waals surface area contributed by atoms with Gasteiger partial charge in [0.1, 0.15) is 5.60 Å². The minimum absolute atomic E-state index is 0. The average Bonchev–Trinajstić information content (AvgIpc) is 2.94. The molecule has 2 saturated heterocycles. The molecule has 0 aromatic heterocycles. The summed E-state index contributed by atoms with van der Waals surface area (Å²) in [7, 11) is 0. The van der Waals surface area contributed by atoms with Crippen molar-refractivity contribution in [2.45, 2.75) is 64.1 Å². The molecule has 1 aromatic carbocycles. The van der Waals surface area contributed by atoms with Crippen LogP contribution in [0.2, 0.25) is 0 Å². The number of halogens is 2. The van der Waals surface area contributed by atoms with Crippen molar-refractivity contribution in [3.05, 3.63) is 35.4 Å². The van der Waals surface area contributed by atoms with Crippen LogP contribution in [0.3, 0.4) is 0 Å². The van der Waals surface area contributed by atoms with Gasteiger partial charge in [0.15, 0.2) is 0 Å². The van der Waals surface area contributed by atoms with Gasteiger partial charge in [-0.2, -0.15) is 0 Å². The zero-order valence-corrected chi connectivity index (χ0v) is 18.7. The fourth-order valence-corrected chi connectivity index (χ4v) is 4.25. The number of nitrogens with zero attached hydrogens (tertiary/aromatic N) is 2. The number of amides is 1. The number of likely N-dealkylation sites (tertiary alicyclic amines) is 1. The summed E-state index contributed by atoms with van der Waals surface area (Å²) in [4.78, 5) is 16.7. The highest BCUT2D eigenvalue weighted by molar-refractivity contribution is 5.85. The normalized spacial score (nSPS) is 19.7. The number of benzene rings is 1. The first-order chi connectivity index (χ1) is 12.5. The third-order valence-corrected chi connectivity index (χ3v) is 5.83. The van der Waals surface area contributed by atoms with Gasteiger partial charge < -0.3 is 15.4 Å². The van der Waals surface area contributed by atoms with Gasteiger partial charge >= 0.3 is 6.09 Å². The van der Waals surface area contributed by atoms with Crippen LogP contribution in [-0.2, 0) is 17.7 Å². The van der Waals surface area contributed by atoms with Crippen molar-refractivity contribution in [3.63, 3.8) is 0 Å². The maximum Gasteiger partial charge on any atom is 0.410 e. The summed E-state index contributed by atoms with van der Waals surface area (Å²) in [6.07, 6.45) is 4.80. The SMILES string of the molecule is CCCC(C)N1CC2(CCN(Cc3cccc(CCN)c3)CC2)OC1=O.Cl.Cl. The van der Waals surface area contributed by atoms with Crippen molar-refractivity contribution in [2.75, 3.05) is 26.2 Å². The second kappa shape index (κ2) is 11.2. The minimum Gasteiger partial charge on any atom is -0.441 e. The van der Waals surface area contributed by atoms with E-state index in [4.69, 9.17) is 10.5 Å². The van der Waals surface area contributed by atoms with Gasteiger partial charge in [0.2, 0.25) is 0 Å². The molecule has 3 rings (SSSR count). The lowest BCUT2D eigenvalue weighted by Gasteiger charge is -2.37. The van der Waals surface area contributed by atoms with E-state index in [1.807, 2.05) is 4.90 Å². The summed E-state index contributed by atoms with van der Waals surface area (Å²) in [5, 5.41) is 0. The van der Waals surface area contributed by atoms with Crippen LogP contribution in [0.4, 0.5) is 4.79 Å². The molecule has 1 unspecified atom stereocenters. The van der Waals surface area contributed by atoms with Gasteiger partial charge in [-0.25, -0.2) is 4.79 Å². The number of hydrogen-bond donors (Lipinski definition) is 1. The highest BCUT2D eigenvalue weighted by Gasteiger charge is 2.47. The Morgan fingerprint density at radius 3 is 2.54 bits per heavy atom. The summed E-state index contributed by atoms with van der Waals surface area (Å²) in [5.41, 5.74) is 8.05. The molecule has 7 heteroatoms. The number of carbonyl (C=O) groups excluding carboxylic acids is 1. The van der Waals surface area contributed by atoms with Gasteiger partial charge in [-0.15, -0.1) is 24.8 Å². The van der Waals surface area contributed by atoms with Crippen LogP contribution >= 0.6 is 24.8 Å². The smallest absolute Gasteiger partial charge is 0.410 e. The van der Waals surface area contributed by atoms with E-state index in [1.165, 1.54) is 11.1 Å². The van der Waals surface area contributed by atoms with E-state index in [0.717, 1.165) is 58.3 Å². The molecular formula is C21H35Cl2N3O2. The second-order valence-electron chi connectivity index (χ2n) is 7.95. The maximum atomic E-state index is 12.3. The molecule has 0 aliphatic carbocycles. The Balaban J connectivity index is 0.00000196. The Morgan fingerprint density at radius 1 is 1.21 bits per heavy atom. The van der Waals surface area contributed by atoms with Crippen molar-refractivity contribution in [1.82, 2.24) is 9.80 Å². The second-order valence-corrected chi connectivity index (χ2v) is 7.95. The number of ether oxygens (including phenoxy) is 1. The molecular weight excluding hydrogens is 397 g/mol. The van der Waals surface area contributed by atoms with Crippen LogP contribution in [0, 0.1) is 0 Å². The molecule has 5 nitrogen and oxygen atoms in total. The molecule has 1 spiro atoms. The average molecular weight is 432 g/mol. The fourth-order valence-electron chi connectivity index (χ4n) is 4.25. The first kappa shape index (κ1) is 25.0. The summed E-state index contributed by atoms with van der Waals surface area (Å²) in [6.45, 7) is 8.65. The number of piperidine rings is 1. The first-order valence-electron chi connectivity index (χ1n) is 10.0. The Kier molecular flexibility index (Phi) is 10.1. The number of hydrogen-bond acceptors (Lipinski definition) is 4. The predicted octanol–water partition coefficient (Wildman–Crippen LogP) is 4.01. The van der Waals surface area contributed by atoms with E-state index in [1.54, 1.807) is 0 Å². The van der Waals surface area contributed by atoms with Crippen LogP contribution in [0.15, 0.2) is 24.3 Å². The lowest BCUT2D eigenvalue weighted by atomic mass is 9.90. The Labute approximate surface area is 181 Å². The molecule has 0 radical (unpaired) electrons.